The van der Waals surface area contributed by atoms with Crippen molar-refractivity contribution in [2.45, 2.75) is 6.42 Å². The number of benzene rings is 1. The van der Waals surface area contributed by atoms with E-state index in [1.54, 1.807) is 18.3 Å². The molecule has 0 spiro atoms. The molecule has 0 saturated heterocycles. The molecule has 1 heterocycles. The summed E-state index contributed by atoms with van der Waals surface area (Å²) in [6.45, 7) is 1.82. The molecule has 2 aromatic rings. The summed E-state index contributed by atoms with van der Waals surface area (Å²) in [6, 6.07) is 7.00. The molecule has 0 aliphatic carbocycles. The highest BCUT2D eigenvalue weighted by atomic mass is 16.6. The maximum atomic E-state index is 11.1. The van der Waals surface area contributed by atoms with Crippen LogP contribution in [0.3, 0.4) is 0 Å². The molecule has 1 aromatic heterocycles. The number of anilines is 1. The molecule has 1 aromatic carbocycles. The van der Waals surface area contributed by atoms with Crippen LogP contribution in [-0.2, 0) is 0 Å². The molecule has 0 aliphatic rings. The molecule has 6 heteroatoms. The molecule has 0 amide bonds. The Kier molecular flexibility index (Phi) is 4.47. The molecule has 1 N–H and O–H groups in total. The zero-order valence-electron chi connectivity index (χ0n) is 11.7. The summed E-state index contributed by atoms with van der Waals surface area (Å²) in [7, 11) is 3.91. The van der Waals surface area contributed by atoms with Crippen molar-refractivity contribution in [3.05, 3.63) is 40.6 Å². The van der Waals surface area contributed by atoms with Gasteiger partial charge in [-0.15, -0.1) is 0 Å². The number of nitrogens with one attached hydrogen (secondary N) is 1. The van der Waals surface area contributed by atoms with Crippen LogP contribution in [0.2, 0.25) is 0 Å². The Morgan fingerprint density at radius 1 is 1.40 bits per heavy atom. The standard InChI is InChI=1S/C14H18N4O2/c1-15-8-4-10-17(2)12-6-7-13(18(19)20)14-11(12)5-3-9-16-14/h3,5-7,9,15H,4,8,10H2,1-2H3. The van der Waals surface area contributed by atoms with Crippen molar-refractivity contribution in [3.63, 3.8) is 0 Å². The van der Waals surface area contributed by atoms with E-state index in [4.69, 9.17) is 0 Å². The van der Waals surface area contributed by atoms with Crippen molar-refractivity contribution in [1.82, 2.24) is 10.3 Å². The number of nitrogens with zero attached hydrogens (tertiary/aromatic N) is 3. The second-order valence-electron chi connectivity index (χ2n) is 4.64. The summed E-state index contributed by atoms with van der Waals surface area (Å²) in [4.78, 5) is 16.9. The van der Waals surface area contributed by atoms with Gasteiger partial charge in [-0.25, -0.2) is 4.98 Å². The fraction of sp³-hybridized carbons (Fsp3) is 0.357. The van der Waals surface area contributed by atoms with Gasteiger partial charge in [-0.05, 0) is 38.2 Å². The highest BCUT2D eigenvalue weighted by molar-refractivity contribution is 5.97. The number of aromatic nitrogens is 1. The fourth-order valence-electron chi connectivity index (χ4n) is 2.24. The number of pyridine rings is 1. The van der Waals surface area contributed by atoms with Crippen LogP contribution in [0.5, 0.6) is 0 Å². The van der Waals surface area contributed by atoms with E-state index < -0.39 is 0 Å². The second kappa shape index (κ2) is 6.29. The highest BCUT2D eigenvalue weighted by Gasteiger charge is 2.16. The Balaban J connectivity index is 2.40. The average Bonchev–Trinajstić information content (AvgIpc) is 2.46. The van der Waals surface area contributed by atoms with Gasteiger partial charge in [0.05, 0.1) is 4.92 Å². The third-order valence-corrected chi connectivity index (χ3v) is 3.25. The fourth-order valence-corrected chi connectivity index (χ4v) is 2.24. The van der Waals surface area contributed by atoms with Crippen molar-refractivity contribution in [2.24, 2.45) is 0 Å². The van der Waals surface area contributed by atoms with E-state index in [2.05, 4.69) is 15.2 Å². The van der Waals surface area contributed by atoms with Crippen molar-refractivity contribution < 1.29 is 4.92 Å². The summed E-state index contributed by atoms with van der Waals surface area (Å²) < 4.78 is 0. The van der Waals surface area contributed by atoms with E-state index in [-0.39, 0.29) is 10.6 Å². The third kappa shape index (κ3) is 2.85. The zero-order chi connectivity index (χ0) is 14.5. The van der Waals surface area contributed by atoms with Gasteiger partial charge in [0.2, 0.25) is 0 Å². The van der Waals surface area contributed by atoms with Crippen LogP contribution in [-0.4, -0.2) is 37.1 Å². The minimum Gasteiger partial charge on any atom is -0.374 e. The number of non-ortho nitro benzene ring substituents is 1. The normalized spacial score (nSPS) is 10.7. The topological polar surface area (TPSA) is 71.3 Å². The largest absolute Gasteiger partial charge is 0.374 e. The highest BCUT2D eigenvalue weighted by Crippen LogP contribution is 2.31. The molecule has 0 bridgehead atoms. The first-order chi connectivity index (χ1) is 9.65. The summed E-state index contributed by atoms with van der Waals surface area (Å²) >= 11 is 0. The van der Waals surface area contributed by atoms with E-state index in [1.165, 1.54) is 6.07 Å². The van der Waals surface area contributed by atoms with Crippen molar-refractivity contribution >= 4 is 22.3 Å². The lowest BCUT2D eigenvalue weighted by Crippen LogP contribution is -2.22. The third-order valence-electron chi connectivity index (χ3n) is 3.25. The van der Waals surface area contributed by atoms with Crippen LogP contribution in [0.15, 0.2) is 30.5 Å². The van der Waals surface area contributed by atoms with Crippen LogP contribution in [0.25, 0.3) is 10.9 Å². The van der Waals surface area contributed by atoms with E-state index in [0.717, 1.165) is 30.6 Å². The summed E-state index contributed by atoms with van der Waals surface area (Å²) in [6.07, 6.45) is 2.59. The molecule has 6 nitrogen and oxygen atoms in total. The Hall–Kier alpha value is -2.21. The minimum absolute atomic E-state index is 0.0491. The Bertz CT molecular complexity index is 615. The lowest BCUT2D eigenvalue weighted by atomic mass is 10.1. The monoisotopic (exact) mass is 274 g/mol. The smallest absolute Gasteiger partial charge is 0.295 e. The molecule has 0 saturated carbocycles. The predicted molar refractivity (Wildman–Crippen MR) is 80.2 cm³/mol. The lowest BCUT2D eigenvalue weighted by molar-refractivity contribution is -0.383. The molecular weight excluding hydrogens is 256 g/mol. The maximum Gasteiger partial charge on any atom is 0.295 e. The van der Waals surface area contributed by atoms with Gasteiger partial charge < -0.3 is 10.2 Å². The van der Waals surface area contributed by atoms with Gasteiger partial charge in [0, 0.05) is 36.9 Å². The number of nitro groups is 1. The molecule has 0 radical (unpaired) electrons. The van der Waals surface area contributed by atoms with Gasteiger partial charge in [0.1, 0.15) is 5.52 Å². The van der Waals surface area contributed by atoms with Crippen LogP contribution < -0.4 is 10.2 Å². The number of fused-ring (bicyclic) bond motifs is 1. The lowest BCUT2D eigenvalue weighted by Gasteiger charge is -2.20. The first kappa shape index (κ1) is 14.2. The van der Waals surface area contributed by atoms with Crippen LogP contribution in [0.1, 0.15) is 6.42 Å². The van der Waals surface area contributed by atoms with Gasteiger partial charge in [0.25, 0.3) is 5.69 Å². The van der Waals surface area contributed by atoms with E-state index in [0.29, 0.717) is 5.52 Å². The molecule has 0 fully saturated rings. The van der Waals surface area contributed by atoms with Crippen LogP contribution in [0.4, 0.5) is 11.4 Å². The molecule has 20 heavy (non-hydrogen) atoms. The summed E-state index contributed by atoms with van der Waals surface area (Å²) in [5.74, 6) is 0. The van der Waals surface area contributed by atoms with E-state index in [9.17, 15) is 10.1 Å². The Labute approximate surface area is 117 Å². The molecule has 0 unspecified atom stereocenters. The van der Waals surface area contributed by atoms with Crippen LogP contribution in [0, 0.1) is 10.1 Å². The summed E-state index contributed by atoms with van der Waals surface area (Å²) in [5.41, 5.74) is 1.46. The van der Waals surface area contributed by atoms with E-state index in [1.807, 2.05) is 20.2 Å². The van der Waals surface area contributed by atoms with Gasteiger partial charge >= 0.3 is 0 Å². The Morgan fingerprint density at radius 2 is 2.20 bits per heavy atom. The first-order valence-electron chi connectivity index (χ1n) is 6.53. The quantitative estimate of drug-likeness (QED) is 0.496. The first-order valence-corrected chi connectivity index (χ1v) is 6.53. The number of rotatable bonds is 6. The van der Waals surface area contributed by atoms with Gasteiger partial charge in [-0.2, -0.15) is 0 Å². The molecular formula is C14H18N4O2. The molecule has 0 atom stereocenters. The van der Waals surface area contributed by atoms with Crippen molar-refractivity contribution in [1.29, 1.82) is 0 Å². The number of hydrogen-bond donors (Lipinski definition) is 1. The molecule has 2 rings (SSSR count). The number of nitro benzene ring substituents is 1. The minimum atomic E-state index is -0.389. The SMILES string of the molecule is CNCCCN(C)c1ccc([N+](=O)[O-])c2ncccc12. The summed E-state index contributed by atoms with van der Waals surface area (Å²) in [5, 5.41) is 15.0. The predicted octanol–water partition coefficient (Wildman–Crippen LogP) is 2.19. The van der Waals surface area contributed by atoms with E-state index >= 15 is 0 Å². The Morgan fingerprint density at radius 3 is 2.90 bits per heavy atom. The number of hydrogen-bond acceptors (Lipinski definition) is 5. The molecule has 106 valence electrons. The van der Waals surface area contributed by atoms with Crippen molar-refractivity contribution in [2.75, 3.05) is 32.1 Å². The van der Waals surface area contributed by atoms with Gasteiger partial charge in [-0.1, -0.05) is 0 Å². The van der Waals surface area contributed by atoms with Crippen molar-refractivity contribution in [3.8, 4) is 0 Å². The maximum absolute atomic E-state index is 11.1. The van der Waals surface area contributed by atoms with Crippen LogP contribution >= 0.6 is 0 Å². The van der Waals surface area contributed by atoms with Gasteiger partial charge in [0.15, 0.2) is 0 Å². The average molecular weight is 274 g/mol. The molecule has 0 aliphatic heterocycles. The zero-order valence-corrected chi connectivity index (χ0v) is 11.7. The van der Waals surface area contributed by atoms with Gasteiger partial charge in [-0.3, -0.25) is 10.1 Å². The second-order valence-corrected chi connectivity index (χ2v) is 4.64.